The molecule has 1 aromatic rings. The highest BCUT2D eigenvalue weighted by atomic mass is 32.2. The van der Waals surface area contributed by atoms with Crippen molar-refractivity contribution in [1.82, 2.24) is 0 Å². The Morgan fingerprint density at radius 2 is 2.43 bits per heavy atom. The molecule has 0 bridgehead atoms. The van der Waals surface area contributed by atoms with Crippen LogP contribution in [-0.4, -0.2) is 29.8 Å². The minimum absolute atomic E-state index is 0.0555. The number of hydrogen-bond acceptors (Lipinski definition) is 4. The van der Waals surface area contributed by atoms with E-state index in [1.807, 2.05) is 36.0 Å². The molecule has 3 rings (SSSR count). The summed E-state index contributed by atoms with van der Waals surface area (Å²) in [4.78, 5) is 0. The molecular weight excluding hydrogens is 282 g/mol. The van der Waals surface area contributed by atoms with Gasteiger partial charge < -0.3 is 15.2 Å². The van der Waals surface area contributed by atoms with Crippen molar-refractivity contribution in [2.45, 2.75) is 37.4 Å². The van der Waals surface area contributed by atoms with Crippen LogP contribution >= 0.6 is 11.8 Å². The molecule has 0 radical (unpaired) electrons. The third-order valence-corrected chi connectivity index (χ3v) is 5.48. The first kappa shape index (κ1) is 14.8. The molecule has 2 heterocycles. The Hall–Kier alpha value is -1.13. The lowest BCUT2D eigenvalue weighted by atomic mass is 9.91. The molecule has 0 aliphatic carbocycles. The summed E-state index contributed by atoms with van der Waals surface area (Å²) in [7, 11) is 0. The van der Waals surface area contributed by atoms with Gasteiger partial charge in [0.05, 0.1) is 12.2 Å². The maximum Gasteiger partial charge on any atom is 0.123 e. The maximum absolute atomic E-state index is 6.29. The summed E-state index contributed by atoms with van der Waals surface area (Å²) in [6.07, 6.45) is 6.02. The molecule has 2 aliphatic rings. The zero-order valence-electron chi connectivity index (χ0n) is 12.3. The van der Waals surface area contributed by atoms with Crippen LogP contribution in [0.4, 0.5) is 5.69 Å². The van der Waals surface area contributed by atoms with E-state index in [1.165, 1.54) is 5.75 Å². The van der Waals surface area contributed by atoms with Gasteiger partial charge >= 0.3 is 0 Å². The second-order valence-corrected chi connectivity index (χ2v) is 7.03. The van der Waals surface area contributed by atoms with Gasteiger partial charge in [0, 0.05) is 24.3 Å². The van der Waals surface area contributed by atoms with E-state index in [1.54, 1.807) is 0 Å². The summed E-state index contributed by atoms with van der Waals surface area (Å²) in [5.41, 5.74) is 7.82. The van der Waals surface area contributed by atoms with E-state index in [0.717, 1.165) is 55.0 Å². The Kier molecular flexibility index (Phi) is 4.45. The average molecular weight is 305 g/mol. The zero-order valence-corrected chi connectivity index (χ0v) is 13.2. The molecule has 2 atom stereocenters. The third-order valence-electron chi connectivity index (χ3n) is 4.26. The van der Waals surface area contributed by atoms with Crippen molar-refractivity contribution in [3.8, 4) is 5.75 Å². The molecule has 2 saturated heterocycles. The quantitative estimate of drug-likeness (QED) is 0.684. The summed E-state index contributed by atoms with van der Waals surface area (Å²) in [6.45, 7) is 4.61. The van der Waals surface area contributed by atoms with E-state index in [0.29, 0.717) is 0 Å². The van der Waals surface area contributed by atoms with Gasteiger partial charge in [-0.25, -0.2) is 0 Å². The normalized spacial score (nSPS) is 28.7. The molecule has 1 aromatic carbocycles. The summed E-state index contributed by atoms with van der Waals surface area (Å²) < 4.78 is 12.3. The molecule has 4 heteroatoms. The van der Waals surface area contributed by atoms with Crippen molar-refractivity contribution >= 4 is 17.4 Å². The molecule has 0 saturated carbocycles. The van der Waals surface area contributed by atoms with Crippen molar-refractivity contribution in [2.75, 3.05) is 23.8 Å². The highest BCUT2D eigenvalue weighted by Gasteiger charge is 2.41. The number of nitrogen functional groups attached to an aromatic ring is 1. The Bertz CT molecular complexity index is 512. The molecule has 3 nitrogen and oxygen atoms in total. The molecule has 0 aromatic heterocycles. The zero-order chi connectivity index (χ0) is 14.7. The average Bonchev–Trinajstić information content (AvgIpc) is 2.90. The van der Waals surface area contributed by atoms with Crippen LogP contribution < -0.4 is 10.5 Å². The van der Waals surface area contributed by atoms with Crippen LogP contribution in [0.15, 0.2) is 30.9 Å². The van der Waals surface area contributed by atoms with Gasteiger partial charge in [-0.15, -0.1) is 6.58 Å². The summed E-state index contributed by atoms with van der Waals surface area (Å²) in [6, 6.07) is 5.87. The smallest absolute Gasteiger partial charge is 0.123 e. The second-order valence-electron chi connectivity index (χ2n) is 5.93. The first-order valence-electron chi connectivity index (χ1n) is 7.58. The topological polar surface area (TPSA) is 44.5 Å². The van der Waals surface area contributed by atoms with E-state index in [9.17, 15) is 0 Å². The van der Waals surface area contributed by atoms with Crippen molar-refractivity contribution in [3.63, 3.8) is 0 Å². The predicted molar refractivity (Wildman–Crippen MR) is 89.0 cm³/mol. The van der Waals surface area contributed by atoms with Gasteiger partial charge in [0.2, 0.25) is 0 Å². The van der Waals surface area contributed by atoms with Crippen molar-refractivity contribution in [1.29, 1.82) is 0 Å². The van der Waals surface area contributed by atoms with Crippen LogP contribution in [-0.2, 0) is 11.2 Å². The first-order valence-corrected chi connectivity index (χ1v) is 8.74. The van der Waals surface area contributed by atoms with Crippen molar-refractivity contribution in [2.24, 2.45) is 0 Å². The Morgan fingerprint density at radius 3 is 3.19 bits per heavy atom. The number of thioether (sulfide) groups is 1. The van der Waals surface area contributed by atoms with Crippen LogP contribution in [0.3, 0.4) is 0 Å². The molecule has 0 amide bonds. The van der Waals surface area contributed by atoms with Crippen LogP contribution in [0.5, 0.6) is 5.75 Å². The first-order chi connectivity index (χ1) is 10.2. The van der Waals surface area contributed by atoms with Crippen molar-refractivity contribution < 1.29 is 9.47 Å². The molecule has 2 fully saturated rings. The Morgan fingerprint density at radius 1 is 1.52 bits per heavy atom. The van der Waals surface area contributed by atoms with Gasteiger partial charge in [-0.1, -0.05) is 6.08 Å². The summed E-state index contributed by atoms with van der Waals surface area (Å²) in [5.74, 6) is 3.25. The number of hydrogen-bond donors (Lipinski definition) is 1. The van der Waals surface area contributed by atoms with Gasteiger partial charge in [0.1, 0.15) is 11.9 Å². The van der Waals surface area contributed by atoms with Gasteiger partial charge in [-0.2, -0.15) is 11.8 Å². The van der Waals surface area contributed by atoms with Crippen LogP contribution in [0.2, 0.25) is 0 Å². The second kappa shape index (κ2) is 6.32. The SMILES string of the molecule is C=CCc1cc(N)ccc1OC1CCOC2(CCSC2)C1. The summed E-state index contributed by atoms with van der Waals surface area (Å²) >= 11 is 1.99. The highest BCUT2D eigenvalue weighted by Crippen LogP contribution is 2.39. The number of nitrogens with two attached hydrogens (primary N) is 1. The number of anilines is 1. The summed E-state index contributed by atoms with van der Waals surface area (Å²) in [5, 5.41) is 0. The van der Waals surface area contributed by atoms with Crippen molar-refractivity contribution in [3.05, 3.63) is 36.4 Å². The fraction of sp³-hybridized carbons (Fsp3) is 0.529. The number of benzene rings is 1. The molecule has 21 heavy (non-hydrogen) atoms. The number of allylic oxidation sites excluding steroid dienone is 1. The molecular formula is C17H23NO2S. The largest absolute Gasteiger partial charge is 0.490 e. The minimum Gasteiger partial charge on any atom is -0.490 e. The highest BCUT2D eigenvalue weighted by molar-refractivity contribution is 7.99. The standard InChI is InChI=1S/C17H23NO2S/c1-2-3-13-10-14(18)4-5-16(13)20-15-6-8-19-17(11-15)7-9-21-12-17/h2,4-5,10,15H,1,3,6-9,11-12,18H2. The molecule has 2 aliphatic heterocycles. The van der Waals surface area contributed by atoms with E-state index in [-0.39, 0.29) is 11.7 Å². The molecule has 1 spiro atoms. The van der Waals surface area contributed by atoms with Gasteiger partial charge in [-0.05, 0) is 42.4 Å². The van der Waals surface area contributed by atoms with E-state index >= 15 is 0 Å². The van der Waals surface area contributed by atoms with Crippen LogP contribution in [0.1, 0.15) is 24.8 Å². The molecule has 2 unspecified atom stereocenters. The van der Waals surface area contributed by atoms with Crippen LogP contribution in [0.25, 0.3) is 0 Å². The maximum atomic E-state index is 6.29. The number of ether oxygens (including phenoxy) is 2. The lowest BCUT2D eigenvalue weighted by Gasteiger charge is -2.37. The Labute approximate surface area is 130 Å². The monoisotopic (exact) mass is 305 g/mol. The van der Waals surface area contributed by atoms with E-state index in [2.05, 4.69) is 6.58 Å². The predicted octanol–water partition coefficient (Wildman–Crippen LogP) is 3.43. The molecule has 2 N–H and O–H groups in total. The van der Waals surface area contributed by atoms with Gasteiger partial charge in [-0.3, -0.25) is 0 Å². The molecule has 114 valence electrons. The number of rotatable bonds is 4. The lowest BCUT2D eigenvalue weighted by molar-refractivity contribution is -0.0960. The fourth-order valence-corrected chi connectivity index (χ4v) is 4.53. The lowest BCUT2D eigenvalue weighted by Crippen LogP contribution is -2.43. The van der Waals surface area contributed by atoms with E-state index < -0.39 is 0 Å². The van der Waals surface area contributed by atoms with Gasteiger partial charge in [0.25, 0.3) is 0 Å². The van der Waals surface area contributed by atoms with Crippen LogP contribution in [0, 0.1) is 0 Å². The van der Waals surface area contributed by atoms with Gasteiger partial charge in [0.15, 0.2) is 0 Å². The fourth-order valence-electron chi connectivity index (χ4n) is 3.16. The third kappa shape index (κ3) is 3.38. The van der Waals surface area contributed by atoms with E-state index in [4.69, 9.17) is 15.2 Å². The Balaban J connectivity index is 1.72. The minimum atomic E-state index is 0.0555.